The fourth-order valence-electron chi connectivity index (χ4n) is 3.77. The van der Waals surface area contributed by atoms with Crippen molar-refractivity contribution in [2.24, 2.45) is 0 Å². The first kappa shape index (κ1) is 16.7. The molecule has 132 valence electrons. The second-order valence-electron chi connectivity index (χ2n) is 6.73. The molecule has 2 aromatic heterocycles. The lowest BCUT2D eigenvalue weighted by Crippen LogP contribution is -2.40. The molecule has 1 atom stereocenters. The maximum atomic E-state index is 12.6. The molecule has 1 N–H and O–H groups in total. The topological polar surface area (TPSA) is 66.3 Å². The summed E-state index contributed by atoms with van der Waals surface area (Å²) < 4.78 is 0. The van der Waals surface area contributed by atoms with Gasteiger partial charge in [0.2, 0.25) is 0 Å². The van der Waals surface area contributed by atoms with Gasteiger partial charge in [-0.15, -0.1) is 0 Å². The van der Waals surface area contributed by atoms with Gasteiger partial charge < -0.3 is 10.0 Å². The molecule has 1 fully saturated rings. The number of aliphatic hydroxyl groups is 1. The average Bonchev–Trinajstić information content (AvgIpc) is 2.73. The number of nitrogens with zero attached hydrogens (tertiary/aromatic N) is 3. The highest BCUT2D eigenvalue weighted by Gasteiger charge is 2.29. The minimum absolute atomic E-state index is 0.237. The standard InChI is InChI=1S/C21H21N3O2/c25-20(17-4-2-9-22-14-17)21(26)24-11-7-15(8-12-24)18-5-1-3-16-13-23-10-6-19(16)18/h1-6,9-10,13-15,20,25H,7-8,11-12H2. The molecule has 1 aliphatic heterocycles. The number of piperidine rings is 1. The minimum Gasteiger partial charge on any atom is -0.378 e. The first-order valence-corrected chi connectivity index (χ1v) is 8.93. The van der Waals surface area contributed by atoms with Gasteiger partial charge in [-0.1, -0.05) is 24.3 Å². The van der Waals surface area contributed by atoms with E-state index in [1.165, 1.54) is 10.9 Å². The summed E-state index contributed by atoms with van der Waals surface area (Å²) in [5.74, 6) is 0.180. The molecule has 5 heteroatoms. The van der Waals surface area contributed by atoms with Crippen LogP contribution in [-0.2, 0) is 4.79 Å². The van der Waals surface area contributed by atoms with Gasteiger partial charge in [-0.05, 0) is 41.8 Å². The molecular formula is C21H21N3O2. The van der Waals surface area contributed by atoms with E-state index in [4.69, 9.17) is 0 Å². The normalized spacial score (nSPS) is 16.6. The molecule has 0 bridgehead atoms. The van der Waals surface area contributed by atoms with Crippen LogP contribution in [0.3, 0.4) is 0 Å². The van der Waals surface area contributed by atoms with Crippen LogP contribution in [0.15, 0.2) is 61.2 Å². The van der Waals surface area contributed by atoms with Gasteiger partial charge >= 0.3 is 0 Å². The van der Waals surface area contributed by atoms with Crippen LogP contribution in [-0.4, -0.2) is 39.0 Å². The quantitative estimate of drug-likeness (QED) is 0.791. The van der Waals surface area contributed by atoms with Gasteiger partial charge in [-0.25, -0.2) is 0 Å². The lowest BCUT2D eigenvalue weighted by Gasteiger charge is -2.33. The Hall–Kier alpha value is -2.79. The number of rotatable bonds is 3. The monoisotopic (exact) mass is 347 g/mol. The Balaban J connectivity index is 1.46. The van der Waals surface area contributed by atoms with Crippen molar-refractivity contribution in [2.75, 3.05) is 13.1 Å². The fraction of sp³-hybridized carbons (Fsp3) is 0.286. The Kier molecular flexibility index (Phi) is 4.63. The van der Waals surface area contributed by atoms with Gasteiger partial charge in [-0.3, -0.25) is 14.8 Å². The van der Waals surface area contributed by atoms with Crippen molar-refractivity contribution in [1.29, 1.82) is 0 Å². The average molecular weight is 347 g/mol. The van der Waals surface area contributed by atoms with Gasteiger partial charge in [0.05, 0.1) is 0 Å². The summed E-state index contributed by atoms with van der Waals surface area (Å²) in [6.45, 7) is 1.31. The van der Waals surface area contributed by atoms with Crippen LogP contribution in [0.1, 0.15) is 36.0 Å². The van der Waals surface area contributed by atoms with Crippen molar-refractivity contribution in [3.8, 4) is 0 Å². The third kappa shape index (κ3) is 3.18. The summed E-state index contributed by atoms with van der Waals surface area (Å²) in [4.78, 5) is 22.5. The van der Waals surface area contributed by atoms with Gasteiger partial charge in [0.1, 0.15) is 0 Å². The first-order valence-electron chi connectivity index (χ1n) is 8.93. The summed E-state index contributed by atoms with van der Waals surface area (Å²) in [6, 6.07) is 11.8. The maximum Gasteiger partial charge on any atom is 0.256 e. The number of amides is 1. The number of likely N-dealkylation sites (tertiary alicyclic amines) is 1. The van der Waals surface area contributed by atoms with Crippen molar-refractivity contribution >= 4 is 16.7 Å². The van der Waals surface area contributed by atoms with Crippen LogP contribution in [0.4, 0.5) is 0 Å². The van der Waals surface area contributed by atoms with Crippen molar-refractivity contribution in [1.82, 2.24) is 14.9 Å². The number of carbonyl (C=O) groups excluding carboxylic acids is 1. The number of benzene rings is 1. The molecular weight excluding hydrogens is 326 g/mol. The number of aromatic nitrogens is 2. The zero-order valence-corrected chi connectivity index (χ0v) is 14.5. The van der Waals surface area contributed by atoms with Crippen molar-refractivity contribution in [2.45, 2.75) is 24.9 Å². The number of aliphatic hydroxyl groups excluding tert-OH is 1. The molecule has 1 amide bonds. The summed E-state index contributed by atoms with van der Waals surface area (Å²) in [7, 11) is 0. The highest BCUT2D eigenvalue weighted by molar-refractivity contribution is 5.85. The first-order chi connectivity index (χ1) is 12.7. The Morgan fingerprint density at radius 1 is 1.04 bits per heavy atom. The molecule has 0 spiro atoms. The lowest BCUT2D eigenvalue weighted by molar-refractivity contribution is -0.141. The molecule has 0 aliphatic carbocycles. The minimum atomic E-state index is -1.14. The van der Waals surface area contributed by atoms with Crippen LogP contribution in [0.25, 0.3) is 10.8 Å². The van der Waals surface area contributed by atoms with E-state index in [0.29, 0.717) is 24.6 Å². The van der Waals surface area contributed by atoms with Crippen LogP contribution in [0, 0.1) is 0 Å². The Morgan fingerprint density at radius 2 is 1.85 bits per heavy atom. The van der Waals surface area contributed by atoms with Crippen LogP contribution in [0.2, 0.25) is 0 Å². The number of hydrogen-bond acceptors (Lipinski definition) is 4. The van der Waals surface area contributed by atoms with Crippen LogP contribution < -0.4 is 0 Å². The third-order valence-electron chi connectivity index (χ3n) is 5.19. The van der Waals surface area contributed by atoms with E-state index in [1.807, 2.05) is 12.4 Å². The molecule has 1 unspecified atom stereocenters. The van der Waals surface area contributed by atoms with Gasteiger partial charge in [0.25, 0.3) is 5.91 Å². The largest absolute Gasteiger partial charge is 0.378 e. The smallest absolute Gasteiger partial charge is 0.256 e. The number of pyridine rings is 2. The predicted molar refractivity (Wildman–Crippen MR) is 99.5 cm³/mol. The van der Waals surface area contributed by atoms with Gasteiger partial charge in [0, 0.05) is 48.8 Å². The van der Waals surface area contributed by atoms with E-state index in [1.54, 1.807) is 29.4 Å². The fourth-order valence-corrected chi connectivity index (χ4v) is 3.77. The van der Waals surface area contributed by atoms with Crippen molar-refractivity contribution in [3.63, 3.8) is 0 Å². The summed E-state index contributed by atoms with van der Waals surface area (Å²) in [5, 5.41) is 12.7. The Morgan fingerprint density at radius 3 is 2.62 bits per heavy atom. The van der Waals surface area contributed by atoms with Crippen LogP contribution in [0.5, 0.6) is 0 Å². The van der Waals surface area contributed by atoms with Crippen molar-refractivity contribution in [3.05, 3.63) is 72.3 Å². The highest BCUT2D eigenvalue weighted by Crippen LogP contribution is 2.33. The molecule has 4 rings (SSSR count). The third-order valence-corrected chi connectivity index (χ3v) is 5.19. The number of fused-ring (bicyclic) bond motifs is 1. The van der Waals surface area contributed by atoms with E-state index in [2.05, 4.69) is 34.2 Å². The van der Waals surface area contributed by atoms with Gasteiger partial charge in [-0.2, -0.15) is 0 Å². The van der Waals surface area contributed by atoms with E-state index >= 15 is 0 Å². The zero-order chi connectivity index (χ0) is 17.9. The van der Waals surface area contributed by atoms with E-state index in [-0.39, 0.29) is 5.91 Å². The second kappa shape index (κ2) is 7.22. The SMILES string of the molecule is O=C(C(O)c1cccnc1)N1CCC(c2cccc3cnccc23)CC1. The van der Waals surface area contributed by atoms with Crippen LogP contribution >= 0.6 is 0 Å². The van der Waals surface area contributed by atoms with Gasteiger partial charge in [0.15, 0.2) is 6.10 Å². The summed E-state index contributed by atoms with van der Waals surface area (Å²) in [5.41, 5.74) is 1.87. The Labute approximate surface area is 152 Å². The molecule has 1 aliphatic rings. The highest BCUT2D eigenvalue weighted by atomic mass is 16.3. The molecule has 0 saturated carbocycles. The van der Waals surface area contributed by atoms with Crippen molar-refractivity contribution < 1.29 is 9.90 Å². The summed E-state index contributed by atoms with van der Waals surface area (Å²) in [6.07, 6.45) is 7.55. The van der Waals surface area contributed by atoms with E-state index in [9.17, 15) is 9.90 Å². The number of carbonyl (C=O) groups is 1. The number of hydrogen-bond donors (Lipinski definition) is 1. The summed E-state index contributed by atoms with van der Waals surface area (Å²) >= 11 is 0. The lowest BCUT2D eigenvalue weighted by atomic mass is 9.86. The van der Waals surface area contributed by atoms with E-state index in [0.717, 1.165) is 18.2 Å². The predicted octanol–water partition coefficient (Wildman–Crippen LogP) is 3.07. The second-order valence-corrected chi connectivity index (χ2v) is 6.73. The molecule has 3 aromatic rings. The zero-order valence-electron chi connectivity index (χ0n) is 14.5. The molecule has 1 aromatic carbocycles. The maximum absolute atomic E-state index is 12.6. The molecule has 0 radical (unpaired) electrons. The Bertz CT molecular complexity index is 900. The molecule has 26 heavy (non-hydrogen) atoms. The molecule has 3 heterocycles. The molecule has 1 saturated heterocycles. The molecule has 5 nitrogen and oxygen atoms in total. The van der Waals surface area contributed by atoms with E-state index < -0.39 is 6.10 Å².